The molecule has 0 bridgehead atoms. The Morgan fingerprint density at radius 1 is 1.24 bits per heavy atom. The van der Waals surface area contributed by atoms with Crippen LogP contribution in [0.5, 0.6) is 0 Å². The first-order chi connectivity index (χ1) is 13.7. The summed E-state index contributed by atoms with van der Waals surface area (Å²) >= 11 is 0.916. The van der Waals surface area contributed by atoms with Gasteiger partial charge in [-0.05, 0) is 74.1 Å². The normalized spacial score (nSPS) is 15.3. The van der Waals surface area contributed by atoms with Crippen molar-refractivity contribution in [2.24, 2.45) is 0 Å². The van der Waals surface area contributed by atoms with Gasteiger partial charge in [0.2, 0.25) is 0 Å². The van der Waals surface area contributed by atoms with Crippen LogP contribution in [0.4, 0.5) is 13.2 Å². The molecule has 2 nitrogen and oxygen atoms in total. The molecule has 1 unspecified atom stereocenters. The van der Waals surface area contributed by atoms with E-state index >= 15 is 0 Å². The van der Waals surface area contributed by atoms with Crippen molar-refractivity contribution in [2.45, 2.75) is 39.9 Å². The first kappa shape index (κ1) is 24.7. The third kappa shape index (κ3) is 7.22. The van der Waals surface area contributed by atoms with Crippen molar-refractivity contribution in [3.63, 3.8) is 0 Å². The van der Waals surface area contributed by atoms with Crippen molar-refractivity contribution in [2.75, 3.05) is 0 Å². The van der Waals surface area contributed by atoms with Gasteiger partial charge < -0.3 is 0 Å². The number of aryl methyl sites for hydroxylation is 1. The van der Waals surface area contributed by atoms with Crippen LogP contribution in [0.1, 0.15) is 31.9 Å². The molecule has 1 N–H and O–H groups in total. The molecule has 0 saturated heterocycles. The molecule has 1 atom stereocenters. The molecule has 29 heavy (non-hydrogen) atoms. The summed E-state index contributed by atoms with van der Waals surface area (Å²) < 4.78 is 43.0. The fourth-order valence-electron chi connectivity index (χ4n) is 2.59. The molecule has 0 aliphatic rings. The number of hydrogen-bond acceptors (Lipinski definition) is 3. The summed E-state index contributed by atoms with van der Waals surface area (Å²) in [4.78, 5) is 4.13. The second-order valence-corrected chi connectivity index (χ2v) is 7.08. The molecule has 0 radical (unpaired) electrons. The van der Waals surface area contributed by atoms with Crippen molar-refractivity contribution >= 4 is 17.5 Å². The van der Waals surface area contributed by atoms with Crippen LogP contribution in [0, 0.1) is 6.92 Å². The van der Waals surface area contributed by atoms with Gasteiger partial charge in [-0.1, -0.05) is 43.5 Å². The van der Waals surface area contributed by atoms with Crippen LogP contribution in [-0.4, -0.2) is 17.2 Å². The van der Waals surface area contributed by atoms with E-state index in [2.05, 4.69) is 22.9 Å². The monoisotopic (exact) mass is 420 g/mol. The summed E-state index contributed by atoms with van der Waals surface area (Å²) in [7, 11) is 0. The molecule has 0 saturated carbocycles. The summed E-state index contributed by atoms with van der Waals surface area (Å²) in [6.45, 7) is 14.7. The van der Waals surface area contributed by atoms with Crippen LogP contribution in [0.2, 0.25) is 0 Å². The smallest absolute Gasteiger partial charge is 0.264 e. The van der Waals surface area contributed by atoms with Crippen LogP contribution in [-0.2, 0) is 0 Å². The van der Waals surface area contributed by atoms with E-state index in [1.165, 1.54) is 12.2 Å². The van der Waals surface area contributed by atoms with Crippen LogP contribution < -0.4 is 4.72 Å². The van der Waals surface area contributed by atoms with E-state index in [1.807, 2.05) is 39.0 Å². The van der Waals surface area contributed by atoms with Gasteiger partial charge in [0.1, 0.15) is 0 Å². The summed E-state index contributed by atoms with van der Waals surface area (Å²) in [6.07, 6.45) is 8.33. The van der Waals surface area contributed by atoms with Crippen molar-refractivity contribution in [1.82, 2.24) is 9.71 Å². The SMILES string of the molecule is C=C/C(SNC(C)C(/C=C(\C=C)c1ccncc1C)=C/C)=C(\C=C/C)C(F)(F)F. The third-order valence-electron chi connectivity index (χ3n) is 4.14. The zero-order valence-corrected chi connectivity index (χ0v) is 18.0. The topological polar surface area (TPSA) is 24.9 Å². The number of halogens is 3. The fraction of sp³-hybridized carbons (Fsp3) is 0.261. The number of nitrogens with one attached hydrogen (secondary N) is 1. The van der Waals surface area contributed by atoms with E-state index in [-0.39, 0.29) is 10.9 Å². The second kappa shape index (κ2) is 11.6. The zero-order valence-electron chi connectivity index (χ0n) is 17.2. The minimum Gasteiger partial charge on any atom is -0.264 e. The lowest BCUT2D eigenvalue weighted by atomic mass is 9.98. The number of nitrogens with zero attached hydrogens (tertiary/aromatic N) is 1. The van der Waals surface area contributed by atoms with Gasteiger partial charge in [-0.15, -0.1) is 0 Å². The van der Waals surface area contributed by atoms with Crippen molar-refractivity contribution in [3.05, 3.63) is 95.3 Å². The minimum atomic E-state index is -4.45. The predicted molar refractivity (Wildman–Crippen MR) is 119 cm³/mol. The number of pyridine rings is 1. The Labute approximate surface area is 175 Å². The number of alkyl halides is 3. The lowest BCUT2D eigenvalue weighted by Crippen LogP contribution is -2.22. The van der Waals surface area contributed by atoms with Gasteiger partial charge in [0, 0.05) is 23.3 Å². The van der Waals surface area contributed by atoms with Crippen LogP contribution >= 0.6 is 11.9 Å². The van der Waals surface area contributed by atoms with Gasteiger partial charge in [0.25, 0.3) is 0 Å². The zero-order chi connectivity index (χ0) is 22.0. The molecular weight excluding hydrogens is 393 g/mol. The highest BCUT2D eigenvalue weighted by Gasteiger charge is 2.34. The maximum atomic E-state index is 13.3. The Hall–Kier alpha value is -2.31. The van der Waals surface area contributed by atoms with E-state index in [9.17, 15) is 13.2 Å². The molecule has 0 amide bonds. The van der Waals surface area contributed by atoms with Gasteiger partial charge in [0.05, 0.1) is 5.57 Å². The lowest BCUT2D eigenvalue weighted by Gasteiger charge is -2.18. The number of allylic oxidation sites excluding steroid dienone is 7. The summed E-state index contributed by atoms with van der Waals surface area (Å²) in [5, 5.41) is 0. The van der Waals surface area contributed by atoms with E-state index in [4.69, 9.17) is 0 Å². The molecule has 0 aromatic carbocycles. The van der Waals surface area contributed by atoms with Gasteiger partial charge in [-0.3, -0.25) is 9.71 Å². The Kier molecular flexibility index (Phi) is 9.92. The second-order valence-electron chi connectivity index (χ2n) is 6.20. The van der Waals surface area contributed by atoms with E-state index in [0.717, 1.165) is 40.3 Å². The van der Waals surface area contributed by atoms with Crippen molar-refractivity contribution < 1.29 is 13.2 Å². The first-order valence-corrected chi connectivity index (χ1v) is 9.91. The molecule has 0 spiro atoms. The van der Waals surface area contributed by atoms with Crippen LogP contribution in [0.25, 0.3) is 5.57 Å². The van der Waals surface area contributed by atoms with Crippen LogP contribution in [0.3, 0.4) is 0 Å². The molecule has 1 rings (SSSR count). The molecule has 0 aliphatic carbocycles. The highest BCUT2D eigenvalue weighted by atomic mass is 32.2. The Balaban J connectivity index is 3.12. The summed E-state index contributed by atoms with van der Waals surface area (Å²) in [6, 6.07) is 1.70. The third-order valence-corrected chi connectivity index (χ3v) is 5.22. The van der Waals surface area contributed by atoms with Crippen molar-refractivity contribution in [1.29, 1.82) is 0 Å². The maximum Gasteiger partial charge on any atom is 0.417 e. The quantitative estimate of drug-likeness (QED) is 0.340. The van der Waals surface area contributed by atoms with Gasteiger partial charge in [0.15, 0.2) is 0 Å². The first-order valence-electron chi connectivity index (χ1n) is 9.09. The van der Waals surface area contributed by atoms with E-state index in [0.29, 0.717) is 0 Å². The fourth-order valence-corrected chi connectivity index (χ4v) is 3.41. The van der Waals surface area contributed by atoms with E-state index < -0.39 is 11.7 Å². The molecule has 1 aromatic rings. The van der Waals surface area contributed by atoms with Crippen LogP contribution in [0.15, 0.2) is 84.1 Å². The molecule has 6 heteroatoms. The van der Waals surface area contributed by atoms with Gasteiger partial charge in [-0.2, -0.15) is 13.2 Å². The highest BCUT2D eigenvalue weighted by molar-refractivity contribution is 8.01. The Morgan fingerprint density at radius 2 is 1.93 bits per heavy atom. The Morgan fingerprint density at radius 3 is 2.41 bits per heavy atom. The largest absolute Gasteiger partial charge is 0.417 e. The summed E-state index contributed by atoms with van der Waals surface area (Å²) in [5.41, 5.74) is 3.14. The van der Waals surface area contributed by atoms with Gasteiger partial charge in [-0.25, -0.2) is 0 Å². The highest BCUT2D eigenvalue weighted by Crippen LogP contribution is 2.34. The van der Waals surface area contributed by atoms with Crippen molar-refractivity contribution in [3.8, 4) is 0 Å². The molecule has 1 heterocycles. The van der Waals surface area contributed by atoms with E-state index in [1.54, 1.807) is 25.4 Å². The summed E-state index contributed by atoms with van der Waals surface area (Å²) in [5.74, 6) is 0. The number of aromatic nitrogens is 1. The standard InChI is InChI=1S/C23H27F3N2S/c1-7-11-21(23(24,25)26)22(10-4)29-28-17(6)18(8-2)14-19(9-3)20-12-13-27-15-16(20)5/h7-15,17,28H,3-4H2,1-2,5-6H3/b11-7-,18-8+,19-14+,22-21-. The predicted octanol–water partition coefficient (Wildman–Crippen LogP) is 7.11. The average Bonchev–Trinajstić information content (AvgIpc) is 2.68. The molecule has 0 aliphatic heterocycles. The van der Waals surface area contributed by atoms with Gasteiger partial charge >= 0.3 is 6.18 Å². The number of hydrogen-bond donors (Lipinski definition) is 1. The molecule has 0 fully saturated rings. The number of rotatable bonds is 9. The maximum absolute atomic E-state index is 13.3. The molecule has 156 valence electrons. The minimum absolute atomic E-state index is 0.0239. The molecule has 1 aromatic heterocycles. The Bertz CT molecular complexity index is 846. The lowest BCUT2D eigenvalue weighted by molar-refractivity contribution is -0.0883. The molecular formula is C23H27F3N2S. The average molecular weight is 421 g/mol.